The standard InChI is InChI=1S/C29H34N2O3/c1-30(22-24-6-3-2-4-7-24)23-25-8-10-26(11-9-25)29(32)27-12-14-28(15-13-27)34-19-5-16-31-17-20-33-21-18-31/h2-4,6-15H,5,16-23H2,1H3. The Kier molecular flexibility index (Phi) is 8.85. The molecule has 1 aliphatic heterocycles. The summed E-state index contributed by atoms with van der Waals surface area (Å²) < 4.78 is 11.2. The zero-order valence-electron chi connectivity index (χ0n) is 20.0. The summed E-state index contributed by atoms with van der Waals surface area (Å²) in [5.41, 5.74) is 3.86. The van der Waals surface area contributed by atoms with Gasteiger partial charge in [0.15, 0.2) is 5.78 Å². The van der Waals surface area contributed by atoms with E-state index in [0.29, 0.717) is 17.7 Å². The van der Waals surface area contributed by atoms with Crippen molar-refractivity contribution < 1.29 is 14.3 Å². The van der Waals surface area contributed by atoms with Gasteiger partial charge in [0.2, 0.25) is 0 Å². The van der Waals surface area contributed by atoms with E-state index in [1.54, 1.807) is 0 Å². The fourth-order valence-electron chi connectivity index (χ4n) is 4.20. The van der Waals surface area contributed by atoms with Crippen LogP contribution in [0.15, 0.2) is 78.9 Å². The predicted octanol–water partition coefficient (Wildman–Crippen LogP) is 4.65. The van der Waals surface area contributed by atoms with E-state index in [4.69, 9.17) is 9.47 Å². The molecule has 1 heterocycles. The molecule has 0 aliphatic carbocycles. The van der Waals surface area contributed by atoms with Crippen LogP contribution in [0.5, 0.6) is 5.75 Å². The molecule has 5 heteroatoms. The number of benzene rings is 3. The molecule has 4 rings (SSSR count). The highest BCUT2D eigenvalue weighted by atomic mass is 16.5. The van der Waals surface area contributed by atoms with Gasteiger partial charge in [0.05, 0.1) is 19.8 Å². The quantitative estimate of drug-likeness (QED) is 0.309. The second-order valence-electron chi connectivity index (χ2n) is 8.86. The zero-order chi connectivity index (χ0) is 23.6. The van der Waals surface area contributed by atoms with Gasteiger partial charge in [-0.25, -0.2) is 0 Å². The van der Waals surface area contributed by atoms with E-state index in [1.165, 1.54) is 11.1 Å². The first kappa shape index (κ1) is 24.1. The van der Waals surface area contributed by atoms with Crippen LogP contribution in [-0.4, -0.2) is 62.1 Å². The maximum absolute atomic E-state index is 12.9. The van der Waals surface area contributed by atoms with Crippen molar-refractivity contribution in [1.82, 2.24) is 9.80 Å². The summed E-state index contributed by atoms with van der Waals surface area (Å²) in [6.07, 6.45) is 0.980. The van der Waals surface area contributed by atoms with Crippen LogP contribution in [0.3, 0.4) is 0 Å². The minimum Gasteiger partial charge on any atom is -0.494 e. The van der Waals surface area contributed by atoms with Crippen molar-refractivity contribution in [2.24, 2.45) is 0 Å². The molecule has 3 aromatic rings. The van der Waals surface area contributed by atoms with E-state index in [2.05, 4.69) is 41.1 Å². The van der Waals surface area contributed by atoms with Gasteiger partial charge in [-0.3, -0.25) is 14.6 Å². The smallest absolute Gasteiger partial charge is 0.193 e. The van der Waals surface area contributed by atoms with Crippen molar-refractivity contribution in [3.05, 3.63) is 101 Å². The van der Waals surface area contributed by atoms with Crippen molar-refractivity contribution in [1.29, 1.82) is 0 Å². The largest absolute Gasteiger partial charge is 0.494 e. The van der Waals surface area contributed by atoms with E-state index in [9.17, 15) is 4.79 Å². The monoisotopic (exact) mass is 458 g/mol. The van der Waals surface area contributed by atoms with Crippen LogP contribution in [0.2, 0.25) is 0 Å². The van der Waals surface area contributed by atoms with Crippen LogP contribution in [-0.2, 0) is 17.8 Å². The molecule has 178 valence electrons. The first-order valence-corrected chi connectivity index (χ1v) is 12.1. The molecule has 0 aromatic heterocycles. The van der Waals surface area contributed by atoms with E-state index in [-0.39, 0.29) is 5.78 Å². The summed E-state index contributed by atoms with van der Waals surface area (Å²) in [7, 11) is 2.11. The van der Waals surface area contributed by atoms with Gasteiger partial charge in [0, 0.05) is 43.9 Å². The third-order valence-electron chi connectivity index (χ3n) is 6.07. The van der Waals surface area contributed by atoms with E-state index in [1.807, 2.05) is 54.6 Å². The van der Waals surface area contributed by atoms with Crippen molar-refractivity contribution in [3.63, 3.8) is 0 Å². The van der Waals surface area contributed by atoms with Crippen LogP contribution < -0.4 is 4.74 Å². The van der Waals surface area contributed by atoms with Crippen LogP contribution >= 0.6 is 0 Å². The van der Waals surface area contributed by atoms with Crippen molar-refractivity contribution in [2.45, 2.75) is 19.5 Å². The Labute approximate surface area is 202 Å². The Morgan fingerprint density at radius 3 is 2.09 bits per heavy atom. The Bertz CT molecular complexity index is 1010. The number of ether oxygens (including phenoxy) is 2. The Morgan fingerprint density at radius 1 is 0.853 bits per heavy atom. The minimum absolute atomic E-state index is 0.0306. The molecule has 1 saturated heterocycles. The minimum atomic E-state index is 0.0306. The number of hydrogen-bond donors (Lipinski definition) is 0. The number of carbonyl (C=O) groups excluding carboxylic acids is 1. The second-order valence-corrected chi connectivity index (χ2v) is 8.86. The highest BCUT2D eigenvalue weighted by Crippen LogP contribution is 2.17. The highest BCUT2D eigenvalue weighted by molar-refractivity contribution is 6.09. The Hall–Kier alpha value is -2.99. The maximum atomic E-state index is 12.9. The molecule has 1 aliphatic rings. The average molecular weight is 459 g/mol. The summed E-state index contributed by atoms with van der Waals surface area (Å²) in [6, 6.07) is 25.8. The number of hydrogen-bond acceptors (Lipinski definition) is 5. The molecule has 0 atom stereocenters. The zero-order valence-corrected chi connectivity index (χ0v) is 20.0. The summed E-state index contributed by atoms with van der Waals surface area (Å²) in [6.45, 7) is 7.08. The average Bonchev–Trinajstić information content (AvgIpc) is 2.88. The van der Waals surface area contributed by atoms with Gasteiger partial charge in [-0.2, -0.15) is 0 Å². The number of rotatable bonds is 11. The third kappa shape index (κ3) is 7.26. The third-order valence-corrected chi connectivity index (χ3v) is 6.07. The molecule has 5 nitrogen and oxygen atoms in total. The molecule has 3 aromatic carbocycles. The molecule has 34 heavy (non-hydrogen) atoms. The first-order valence-electron chi connectivity index (χ1n) is 12.1. The Morgan fingerprint density at radius 2 is 1.44 bits per heavy atom. The molecular weight excluding hydrogens is 424 g/mol. The van der Waals surface area contributed by atoms with E-state index < -0.39 is 0 Å². The number of carbonyl (C=O) groups is 1. The summed E-state index contributed by atoms with van der Waals surface area (Å²) in [5, 5.41) is 0. The lowest BCUT2D eigenvalue weighted by molar-refractivity contribution is 0.0358. The molecule has 0 spiro atoms. The fourth-order valence-corrected chi connectivity index (χ4v) is 4.20. The predicted molar refractivity (Wildman–Crippen MR) is 135 cm³/mol. The van der Waals surface area contributed by atoms with E-state index >= 15 is 0 Å². The van der Waals surface area contributed by atoms with Gasteiger partial charge in [0.1, 0.15) is 5.75 Å². The number of ketones is 1. The summed E-state index contributed by atoms with van der Waals surface area (Å²) in [5.74, 6) is 0.832. The molecule has 1 fully saturated rings. The summed E-state index contributed by atoms with van der Waals surface area (Å²) in [4.78, 5) is 17.6. The lowest BCUT2D eigenvalue weighted by atomic mass is 10.0. The molecular formula is C29H34N2O3. The summed E-state index contributed by atoms with van der Waals surface area (Å²) >= 11 is 0. The van der Waals surface area contributed by atoms with Crippen LogP contribution in [0.25, 0.3) is 0 Å². The van der Waals surface area contributed by atoms with Crippen LogP contribution in [0.4, 0.5) is 0 Å². The highest BCUT2D eigenvalue weighted by Gasteiger charge is 2.11. The topological polar surface area (TPSA) is 42.0 Å². The van der Waals surface area contributed by atoms with Gasteiger partial charge in [-0.05, 0) is 48.9 Å². The first-order chi connectivity index (χ1) is 16.7. The lowest BCUT2D eigenvalue weighted by Gasteiger charge is -2.26. The second kappa shape index (κ2) is 12.5. The van der Waals surface area contributed by atoms with Gasteiger partial charge in [-0.1, -0.05) is 54.6 Å². The molecule has 0 N–H and O–H groups in total. The van der Waals surface area contributed by atoms with Gasteiger partial charge in [0.25, 0.3) is 0 Å². The maximum Gasteiger partial charge on any atom is 0.193 e. The molecule has 0 saturated carbocycles. The fraction of sp³-hybridized carbons (Fsp3) is 0.345. The van der Waals surface area contributed by atoms with Crippen molar-refractivity contribution in [2.75, 3.05) is 46.5 Å². The lowest BCUT2D eigenvalue weighted by Crippen LogP contribution is -2.37. The van der Waals surface area contributed by atoms with Crippen LogP contribution in [0.1, 0.15) is 33.5 Å². The molecule has 0 unspecified atom stereocenters. The van der Waals surface area contributed by atoms with Crippen LogP contribution in [0, 0.1) is 0 Å². The Balaban J connectivity index is 1.23. The molecule has 0 bridgehead atoms. The van der Waals surface area contributed by atoms with Gasteiger partial charge >= 0.3 is 0 Å². The van der Waals surface area contributed by atoms with Gasteiger partial charge < -0.3 is 9.47 Å². The van der Waals surface area contributed by atoms with Gasteiger partial charge in [-0.15, -0.1) is 0 Å². The SMILES string of the molecule is CN(Cc1ccccc1)Cc1ccc(C(=O)c2ccc(OCCCN3CCOCC3)cc2)cc1. The van der Waals surface area contributed by atoms with Crippen molar-refractivity contribution >= 4 is 5.78 Å². The molecule has 0 radical (unpaired) electrons. The van der Waals surface area contributed by atoms with E-state index in [0.717, 1.165) is 58.1 Å². The normalized spacial score (nSPS) is 14.3. The molecule has 0 amide bonds. The number of morpholine rings is 1. The van der Waals surface area contributed by atoms with Crippen molar-refractivity contribution in [3.8, 4) is 5.75 Å². The number of nitrogens with zero attached hydrogens (tertiary/aromatic N) is 2.